The predicted molar refractivity (Wildman–Crippen MR) is 94.7 cm³/mol. The Hall–Kier alpha value is -2.06. The SMILES string of the molecule is COc1cc(Br)c(CNCc2cn(C)c(=O)n(C)c2=O)cc1OC. The summed E-state index contributed by atoms with van der Waals surface area (Å²) in [6.45, 7) is 0.870. The lowest BCUT2D eigenvalue weighted by molar-refractivity contribution is 0.354. The van der Waals surface area contributed by atoms with E-state index >= 15 is 0 Å². The molecule has 1 N–H and O–H groups in total. The number of rotatable bonds is 6. The van der Waals surface area contributed by atoms with Crippen molar-refractivity contribution < 1.29 is 9.47 Å². The fourth-order valence-corrected chi connectivity index (χ4v) is 2.83. The topological polar surface area (TPSA) is 74.5 Å². The molecule has 0 aliphatic rings. The van der Waals surface area contributed by atoms with Crippen LogP contribution in [-0.2, 0) is 27.2 Å². The molecule has 0 saturated carbocycles. The predicted octanol–water partition coefficient (Wildman–Crippen LogP) is 1.15. The van der Waals surface area contributed by atoms with Crippen LogP contribution in [0, 0.1) is 0 Å². The van der Waals surface area contributed by atoms with Crippen LogP contribution in [0.15, 0.2) is 32.4 Å². The van der Waals surface area contributed by atoms with Crippen molar-refractivity contribution in [3.8, 4) is 11.5 Å². The molecule has 0 amide bonds. The highest BCUT2D eigenvalue weighted by atomic mass is 79.9. The third-order valence-corrected chi connectivity index (χ3v) is 4.44. The summed E-state index contributed by atoms with van der Waals surface area (Å²) in [5.74, 6) is 1.27. The van der Waals surface area contributed by atoms with Crippen LogP contribution >= 0.6 is 15.9 Å². The van der Waals surface area contributed by atoms with Gasteiger partial charge in [0.1, 0.15) is 0 Å². The number of nitrogens with zero attached hydrogens (tertiary/aromatic N) is 2. The van der Waals surface area contributed by atoms with Crippen LogP contribution < -0.4 is 26.0 Å². The first-order chi connectivity index (χ1) is 11.4. The summed E-state index contributed by atoms with van der Waals surface area (Å²) >= 11 is 3.50. The maximum atomic E-state index is 12.1. The van der Waals surface area contributed by atoms with Crippen LogP contribution in [0.5, 0.6) is 11.5 Å². The fraction of sp³-hybridized carbons (Fsp3) is 0.375. The van der Waals surface area contributed by atoms with E-state index in [2.05, 4.69) is 21.2 Å². The summed E-state index contributed by atoms with van der Waals surface area (Å²) in [5, 5.41) is 3.21. The van der Waals surface area contributed by atoms with Gasteiger partial charge in [-0.15, -0.1) is 0 Å². The van der Waals surface area contributed by atoms with Gasteiger partial charge in [0.15, 0.2) is 11.5 Å². The highest BCUT2D eigenvalue weighted by Crippen LogP contribution is 2.33. The van der Waals surface area contributed by atoms with E-state index in [1.807, 2.05) is 12.1 Å². The summed E-state index contributed by atoms with van der Waals surface area (Å²) < 4.78 is 13.9. The van der Waals surface area contributed by atoms with Crippen LogP contribution in [0.1, 0.15) is 11.1 Å². The van der Waals surface area contributed by atoms with Crippen LogP contribution in [0.25, 0.3) is 0 Å². The molecule has 130 valence electrons. The van der Waals surface area contributed by atoms with E-state index in [4.69, 9.17) is 9.47 Å². The minimum atomic E-state index is -0.341. The van der Waals surface area contributed by atoms with Crippen LogP contribution in [0.4, 0.5) is 0 Å². The van der Waals surface area contributed by atoms with E-state index < -0.39 is 0 Å². The minimum absolute atomic E-state index is 0.294. The van der Waals surface area contributed by atoms with Crippen molar-refractivity contribution in [2.45, 2.75) is 13.1 Å². The molecule has 1 aromatic heterocycles. The van der Waals surface area contributed by atoms with Gasteiger partial charge in [-0.25, -0.2) is 4.79 Å². The molecule has 0 fully saturated rings. The average Bonchev–Trinajstić information content (AvgIpc) is 2.58. The number of benzene rings is 1. The molecule has 0 saturated heterocycles. The molecule has 1 heterocycles. The summed E-state index contributed by atoms with van der Waals surface area (Å²) in [6.07, 6.45) is 1.56. The van der Waals surface area contributed by atoms with Crippen molar-refractivity contribution in [1.29, 1.82) is 0 Å². The molecule has 0 atom stereocenters. The second-order valence-electron chi connectivity index (χ2n) is 5.31. The Morgan fingerprint density at radius 1 is 1.04 bits per heavy atom. The van der Waals surface area contributed by atoms with E-state index in [0.717, 1.165) is 14.6 Å². The van der Waals surface area contributed by atoms with Gasteiger partial charge in [0, 0.05) is 43.4 Å². The van der Waals surface area contributed by atoms with Gasteiger partial charge in [-0.2, -0.15) is 0 Å². The van der Waals surface area contributed by atoms with Crippen molar-refractivity contribution in [3.63, 3.8) is 0 Å². The molecule has 0 unspecified atom stereocenters. The third kappa shape index (κ3) is 3.70. The molecule has 0 aliphatic carbocycles. The van der Waals surface area contributed by atoms with Gasteiger partial charge in [-0.3, -0.25) is 9.36 Å². The Balaban J connectivity index is 2.16. The highest BCUT2D eigenvalue weighted by molar-refractivity contribution is 9.10. The van der Waals surface area contributed by atoms with E-state index in [0.29, 0.717) is 30.2 Å². The van der Waals surface area contributed by atoms with Crippen molar-refractivity contribution >= 4 is 15.9 Å². The number of halogens is 1. The molecular weight excluding hydrogens is 378 g/mol. The van der Waals surface area contributed by atoms with Crippen molar-refractivity contribution in [3.05, 3.63) is 54.8 Å². The zero-order chi connectivity index (χ0) is 17.9. The first kappa shape index (κ1) is 18.3. The van der Waals surface area contributed by atoms with Gasteiger partial charge in [0.05, 0.1) is 14.2 Å². The van der Waals surface area contributed by atoms with Crippen LogP contribution in [0.3, 0.4) is 0 Å². The Morgan fingerprint density at radius 2 is 1.62 bits per heavy atom. The molecule has 0 aliphatic heterocycles. The number of methoxy groups -OCH3 is 2. The molecule has 7 nitrogen and oxygen atoms in total. The van der Waals surface area contributed by atoms with Gasteiger partial charge in [-0.05, 0) is 17.7 Å². The van der Waals surface area contributed by atoms with Crippen LogP contribution in [0.2, 0.25) is 0 Å². The van der Waals surface area contributed by atoms with E-state index in [1.54, 1.807) is 27.5 Å². The second-order valence-corrected chi connectivity index (χ2v) is 6.17. The van der Waals surface area contributed by atoms with E-state index in [9.17, 15) is 9.59 Å². The standard InChI is InChI=1S/C16H20BrN3O4/c1-19-9-11(15(21)20(2)16(19)22)8-18-7-10-5-13(23-3)14(24-4)6-12(10)17/h5-6,9,18H,7-8H2,1-4H3. The number of hydrogen-bond acceptors (Lipinski definition) is 5. The second kappa shape index (κ2) is 7.67. The Morgan fingerprint density at radius 3 is 2.25 bits per heavy atom. The fourth-order valence-electron chi connectivity index (χ4n) is 2.37. The molecule has 1 aromatic carbocycles. The lowest BCUT2D eigenvalue weighted by Gasteiger charge is -2.13. The Kier molecular flexibility index (Phi) is 5.84. The summed E-state index contributed by atoms with van der Waals surface area (Å²) in [5.41, 5.74) is 0.855. The molecule has 0 spiro atoms. The molecular formula is C16H20BrN3O4. The molecule has 2 aromatic rings. The molecule has 8 heteroatoms. The third-order valence-electron chi connectivity index (χ3n) is 3.70. The number of nitrogens with one attached hydrogen (secondary N) is 1. The summed E-state index contributed by atoms with van der Waals surface area (Å²) in [7, 11) is 6.25. The number of hydrogen-bond donors (Lipinski definition) is 1. The molecule has 0 radical (unpaired) electrons. The zero-order valence-corrected chi connectivity index (χ0v) is 15.6. The quantitative estimate of drug-likeness (QED) is 0.791. The number of ether oxygens (including phenoxy) is 2. The van der Waals surface area contributed by atoms with E-state index in [1.165, 1.54) is 11.6 Å². The first-order valence-corrected chi connectivity index (χ1v) is 8.05. The number of aromatic nitrogens is 2. The maximum Gasteiger partial charge on any atom is 0.330 e. The smallest absolute Gasteiger partial charge is 0.330 e. The maximum absolute atomic E-state index is 12.1. The van der Waals surface area contributed by atoms with Gasteiger partial charge >= 0.3 is 5.69 Å². The lowest BCUT2D eigenvalue weighted by Crippen LogP contribution is -2.39. The summed E-state index contributed by atoms with van der Waals surface area (Å²) in [6, 6.07) is 3.70. The van der Waals surface area contributed by atoms with Crippen LogP contribution in [-0.4, -0.2) is 23.4 Å². The minimum Gasteiger partial charge on any atom is -0.493 e. The lowest BCUT2D eigenvalue weighted by atomic mass is 10.2. The molecule has 2 rings (SSSR count). The van der Waals surface area contributed by atoms with E-state index in [-0.39, 0.29) is 11.2 Å². The van der Waals surface area contributed by atoms with Gasteiger partial charge in [-0.1, -0.05) is 15.9 Å². The van der Waals surface area contributed by atoms with Gasteiger partial charge in [0.2, 0.25) is 0 Å². The Bertz CT molecular complexity index is 858. The van der Waals surface area contributed by atoms with Crippen molar-refractivity contribution in [1.82, 2.24) is 14.5 Å². The highest BCUT2D eigenvalue weighted by Gasteiger charge is 2.10. The zero-order valence-electron chi connectivity index (χ0n) is 14.1. The van der Waals surface area contributed by atoms with Gasteiger partial charge < -0.3 is 19.4 Å². The molecule has 24 heavy (non-hydrogen) atoms. The average molecular weight is 398 g/mol. The first-order valence-electron chi connectivity index (χ1n) is 7.25. The van der Waals surface area contributed by atoms with Crippen molar-refractivity contribution in [2.75, 3.05) is 14.2 Å². The van der Waals surface area contributed by atoms with Gasteiger partial charge in [0.25, 0.3) is 5.56 Å². The normalized spacial score (nSPS) is 10.7. The Labute approximate surface area is 148 Å². The largest absolute Gasteiger partial charge is 0.493 e. The number of aryl methyl sites for hydroxylation is 1. The van der Waals surface area contributed by atoms with Crippen molar-refractivity contribution in [2.24, 2.45) is 14.1 Å². The summed E-state index contributed by atoms with van der Waals surface area (Å²) in [4.78, 5) is 23.8. The molecule has 0 bridgehead atoms. The monoisotopic (exact) mass is 397 g/mol.